The van der Waals surface area contributed by atoms with Gasteiger partial charge in [0.25, 0.3) is 0 Å². The van der Waals surface area contributed by atoms with Crippen LogP contribution in [0.2, 0.25) is 0 Å². The molecule has 21 heavy (non-hydrogen) atoms. The molecule has 0 saturated heterocycles. The summed E-state index contributed by atoms with van der Waals surface area (Å²) < 4.78 is 0. The molecule has 0 aliphatic heterocycles. The first-order valence-corrected chi connectivity index (χ1v) is 6.31. The molecule has 0 bridgehead atoms. The number of allylic oxidation sites excluding steroid dienone is 1. The van der Waals surface area contributed by atoms with Gasteiger partial charge in [-0.05, 0) is 29.2 Å². The maximum atomic E-state index is 9.89. The first-order chi connectivity index (χ1) is 8.77. The Kier molecular flexibility index (Phi) is 8.54. The van der Waals surface area contributed by atoms with Gasteiger partial charge in [-0.3, -0.25) is 0 Å². The molecule has 0 fully saturated rings. The van der Waals surface area contributed by atoms with Crippen LogP contribution in [0.5, 0.6) is 0 Å². The fourth-order valence-electron chi connectivity index (χ4n) is 2.70. The molecule has 1 aliphatic carbocycles. The van der Waals surface area contributed by atoms with Gasteiger partial charge < -0.3 is 29.9 Å². The molecule has 1 aliphatic rings. The van der Waals surface area contributed by atoms with E-state index in [4.69, 9.17) is 0 Å². The van der Waals surface area contributed by atoms with Crippen LogP contribution in [0.3, 0.4) is 0 Å². The van der Waals surface area contributed by atoms with Crippen LogP contribution in [0.15, 0.2) is 54.6 Å². The van der Waals surface area contributed by atoms with Crippen molar-refractivity contribution < 1.29 is 51.6 Å². The fraction of sp³-hybridized carbons (Fsp3) is 0.176. The Hall–Kier alpha value is -0.566. The van der Waals surface area contributed by atoms with Gasteiger partial charge >= 0.3 is 21.7 Å². The minimum atomic E-state index is -0.428. The Bertz CT molecular complexity index is 611. The third kappa shape index (κ3) is 4.00. The quantitative estimate of drug-likeness (QED) is 0.613. The summed E-state index contributed by atoms with van der Waals surface area (Å²) in [6.45, 7) is 1.82. The molecule has 0 radical (unpaired) electrons. The van der Waals surface area contributed by atoms with Crippen molar-refractivity contribution in [3.8, 4) is 0 Å². The second-order valence-corrected chi connectivity index (χ2v) is 4.77. The summed E-state index contributed by atoms with van der Waals surface area (Å²) in [6.07, 6.45) is 3.95. The van der Waals surface area contributed by atoms with Crippen molar-refractivity contribution >= 4 is 6.08 Å². The van der Waals surface area contributed by atoms with Gasteiger partial charge in [0.2, 0.25) is 0 Å². The van der Waals surface area contributed by atoms with Crippen molar-refractivity contribution in [2.75, 3.05) is 0 Å². The SMILES string of the molecule is CC(O)c1ccccc1C1C=Cc2ccccc21.[Cl-].[Cl-].[Ti+2]. The molecule has 0 aromatic heterocycles. The van der Waals surface area contributed by atoms with Crippen molar-refractivity contribution in [1.82, 2.24) is 0 Å². The van der Waals surface area contributed by atoms with Gasteiger partial charge in [0.15, 0.2) is 0 Å². The second-order valence-electron chi connectivity index (χ2n) is 4.77. The van der Waals surface area contributed by atoms with Gasteiger partial charge in [-0.15, -0.1) is 0 Å². The number of hydrogen-bond donors (Lipinski definition) is 1. The molecule has 2 aromatic carbocycles. The Balaban J connectivity index is 0.00000133. The summed E-state index contributed by atoms with van der Waals surface area (Å²) in [4.78, 5) is 0. The number of halogens is 2. The summed E-state index contributed by atoms with van der Waals surface area (Å²) in [5.74, 6) is 0.270. The Morgan fingerprint density at radius 3 is 2.14 bits per heavy atom. The van der Waals surface area contributed by atoms with Crippen molar-refractivity contribution in [2.45, 2.75) is 18.9 Å². The number of rotatable bonds is 2. The minimum Gasteiger partial charge on any atom is -1.00 e. The topological polar surface area (TPSA) is 20.2 Å². The van der Waals surface area contributed by atoms with Crippen LogP contribution in [0.1, 0.15) is 41.2 Å². The average Bonchev–Trinajstić information content (AvgIpc) is 2.82. The molecular formula is C17H16Cl2OTi. The molecule has 0 heterocycles. The zero-order valence-electron chi connectivity index (χ0n) is 11.6. The Labute approximate surface area is 153 Å². The van der Waals surface area contributed by atoms with E-state index in [0.29, 0.717) is 0 Å². The summed E-state index contributed by atoms with van der Waals surface area (Å²) in [5.41, 5.74) is 4.83. The van der Waals surface area contributed by atoms with Gasteiger partial charge in [-0.25, -0.2) is 0 Å². The van der Waals surface area contributed by atoms with Crippen LogP contribution in [-0.2, 0) is 21.7 Å². The van der Waals surface area contributed by atoms with Gasteiger partial charge in [-0.1, -0.05) is 60.7 Å². The number of benzene rings is 2. The maximum Gasteiger partial charge on any atom is 2.00 e. The Morgan fingerprint density at radius 1 is 0.905 bits per heavy atom. The van der Waals surface area contributed by atoms with Crippen LogP contribution in [0.4, 0.5) is 0 Å². The summed E-state index contributed by atoms with van der Waals surface area (Å²) in [7, 11) is 0. The molecule has 4 heteroatoms. The maximum absolute atomic E-state index is 9.89. The molecule has 2 aromatic rings. The molecule has 0 saturated carbocycles. The standard InChI is InChI=1S/C17H16O.2ClH.Ti/c1-12(18)14-7-4-5-9-16(14)17-11-10-13-6-2-3-8-15(13)17;;;/h2-12,17-18H,1H3;2*1H;/q;;;+2/p-2. The molecule has 108 valence electrons. The van der Waals surface area contributed by atoms with E-state index < -0.39 is 6.10 Å². The third-order valence-corrected chi connectivity index (χ3v) is 3.58. The molecule has 1 nitrogen and oxygen atoms in total. The molecule has 0 spiro atoms. The van der Waals surface area contributed by atoms with Crippen LogP contribution < -0.4 is 24.8 Å². The number of hydrogen-bond acceptors (Lipinski definition) is 1. The Morgan fingerprint density at radius 2 is 1.48 bits per heavy atom. The van der Waals surface area contributed by atoms with E-state index in [0.717, 1.165) is 5.56 Å². The molecule has 2 atom stereocenters. The van der Waals surface area contributed by atoms with Crippen LogP contribution >= 0.6 is 0 Å². The first kappa shape index (κ1) is 20.4. The van der Waals surface area contributed by atoms with E-state index in [1.54, 1.807) is 0 Å². The van der Waals surface area contributed by atoms with Crippen LogP contribution in [-0.4, -0.2) is 5.11 Å². The first-order valence-electron chi connectivity index (χ1n) is 6.31. The molecular weight excluding hydrogens is 339 g/mol. The summed E-state index contributed by atoms with van der Waals surface area (Å²) in [5, 5.41) is 9.89. The summed E-state index contributed by atoms with van der Waals surface area (Å²) >= 11 is 0. The molecule has 2 unspecified atom stereocenters. The van der Waals surface area contributed by atoms with E-state index in [-0.39, 0.29) is 52.4 Å². The summed E-state index contributed by atoms with van der Waals surface area (Å²) in [6, 6.07) is 16.6. The van der Waals surface area contributed by atoms with E-state index >= 15 is 0 Å². The second kappa shape index (κ2) is 8.77. The zero-order chi connectivity index (χ0) is 12.5. The minimum absolute atomic E-state index is 0. The normalized spacial score (nSPS) is 16.0. The van der Waals surface area contributed by atoms with E-state index in [9.17, 15) is 5.11 Å². The zero-order valence-corrected chi connectivity index (χ0v) is 14.7. The van der Waals surface area contributed by atoms with Crippen molar-refractivity contribution in [2.24, 2.45) is 0 Å². The van der Waals surface area contributed by atoms with Gasteiger partial charge in [0.1, 0.15) is 0 Å². The number of fused-ring (bicyclic) bond motifs is 1. The smallest absolute Gasteiger partial charge is 1.00 e. The van der Waals surface area contributed by atoms with Crippen molar-refractivity contribution in [3.05, 3.63) is 76.9 Å². The third-order valence-electron chi connectivity index (χ3n) is 3.58. The van der Waals surface area contributed by atoms with Crippen molar-refractivity contribution in [1.29, 1.82) is 0 Å². The molecule has 0 amide bonds. The molecule has 1 N–H and O–H groups in total. The predicted octanol–water partition coefficient (Wildman–Crippen LogP) is -2.10. The number of aliphatic hydroxyl groups is 1. The number of aliphatic hydroxyl groups excluding tert-OH is 1. The van der Waals surface area contributed by atoms with Gasteiger partial charge in [0.05, 0.1) is 6.10 Å². The van der Waals surface area contributed by atoms with E-state index in [2.05, 4.69) is 42.5 Å². The largest absolute Gasteiger partial charge is 2.00 e. The average molecular weight is 355 g/mol. The van der Waals surface area contributed by atoms with E-state index in [1.807, 2.05) is 25.1 Å². The molecule has 3 rings (SSSR count). The monoisotopic (exact) mass is 354 g/mol. The van der Waals surface area contributed by atoms with Crippen LogP contribution in [0, 0.1) is 0 Å². The fourth-order valence-corrected chi connectivity index (χ4v) is 2.70. The van der Waals surface area contributed by atoms with E-state index in [1.165, 1.54) is 16.7 Å². The van der Waals surface area contributed by atoms with Crippen LogP contribution in [0.25, 0.3) is 6.08 Å². The van der Waals surface area contributed by atoms with Gasteiger partial charge in [-0.2, -0.15) is 0 Å². The van der Waals surface area contributed by atoms with Crippen molar-refractivity contribution in [3.63, 3.8) is 0 Å². The predicted molar refractivity (Wildman–Crippen MR) is 74.4 cm³/mol. The van der Waals surface area contributed by atoms with Gasteiger partial charge in [0, 0.05) is 5.92 Å².